The van der Waals surface area contributed by atoms with Crippen LogP contribution in [0.25, 0.3) is 0 Å². The molecule has 0 amide bonds. The molecule has 4 unspecified atom stereocenters. The number of phosphoric ester groups is 2. The summed E-state index contributed by atoms with van der Waals surface area (Å²) in [5.74, 6) is 0.900. The minimum absolute atomic E-state index is 0.104. The predicted molar refractivity (Wildman–Crippen MR) is 372 cm³/mol. The van der Waals surface area contributed by atoms with E-state index in [1.165, 1.54) is 161 Å². The third-order valence-electron chi connectivity index (χ3n) is 17.2. The molecule has 0 aromatic heterocycles. The van der Waals surface area contributed by atoms with Crippen molar-refractivity contribution in [2.45, 2.75) is 382 Å². The summed E-state index contributed by atoms with van der Waals surface area (Å²) < 4.78 is 68.4. The molecule has 92 heavy (non-hydrogen) atoms. The Hall–Kier alpha value is -1.94. The Balaban J connectivity index is 5.22. The number of hydrogen-bond acceptors (Lipinski definition) is 15. The minimum Gasteiger partial charge on any atom is -0.462 e. The van der Waals surface area contributed by atoms with Gasteiger partial charge in [0.2, 0.25) is 0 Å². The lowest BCUT2D eigenvalue weighted by Gasteiger charge is -2.21. The predicted octanol–water partition coefficient (Wildman–Crippen LogP) is 20.9. The van der Waals surface area contributed by atoms with Crippen LogP contribution in [0.1, 0.15) is 364 Å². The molecular weight excluding hydrogens is 1210 g/mol. The molecule has 6 atom stereocenters. The molecule has 0 heterocycles. The summed E-state index contributed by atoms with van der Waals surface area (Å²) in [4.78, 5) is 72.6. The Kier molecular flexibility index (Phi) is 61.3. The second kappa shape index (κ2) is 62.6. The van der Waals surface area contributed by atoms with E-state index in [0.717, 1.165) is 114 Å². The molecule has 0 aliphatic rings. The van der Waals surface area contributed by atoms with E-state index in [2.05, 4.69) is 55.4 Å². The van der Waals surface area contributed by atoms with E-state index in [0.29, 0.717) is 31.6 Å². The number of phosphoric acid groups is 2. The monoisotopic (exact) mass is 1350 g/mol. The molecule has 0 spiro atoms. The minimum atomic E-state index is -4.95. The fraction of sp³-hybridized carbons (Fsp3) is 0.945. The highest BCUT2D eigenvalue weighted by atomic mass is 31.2. The van der Waals surface area contributed by atoms with E-state index >= 15 is 0 Å². The molecule has 0 saturated heterocycles. The largest absolute Gasteiger partial charge is 0.472 e. The fourth-order valence-electron chi connectivity index (χ4n) is 11.0. The highest BCUT2D eigenvalue weighted by Gasteiger charge is 2.30. The van der Waals surface area contributed by atoms with Gasteiger partial charge in [0.15, 0.2) is 12.2 Å². The van der Waals surface area contributed by atoms with Crippen LogP contribution in [0.15, 0.2) is 0 Å². The van der Waals surface area contributed by atoms with E-state index in [9.17, 15) is 43.2 Å². The van der Waals surface area contributed by atoms with Gasteiger partial charge in [0.1, 0.15) is 19.3 Å². The second-order valence-corrected chi connectivity index (χ2v) is 30.9. The highest BCUT2D eigenvalue weighted by Crippen LogP contribution is 2.45. The van der Waals surface area contributed by atoms with Crippen LogP contribution >= 0.6 is 15.6 Å². The molecular formula is C73H142O17P2. The van der Waals surface area contributed by atoms with E-state index in [1.54, 1.807) is 0 Å². The summed E-state index contributed by atoms with van der Waals surface area (Å²) in [6.45, 7) is 14.1. The normalized spacial score (nSPS) is 14.5. The third-order valence-corrected chi connectivity index (χ3v) is 19.1. The number of rotatable bonds is 70. The van der Waals surface area contributed by atoms with Gasteiger partial charge in [-0.05, 0) is 49.4 Å². The van der Waals surface area contributed by atoms with Gasteiger partial charge in [0.05, 0.1) is 26.4 Å². The van der Waals surface area contributed by atoms with Crippen LogP contribution in [0.5, 0.6) is 0 Å². The number of aliphatic hydroxyl groups excluding tert-OH is 1. The summed E-state index contributed by atoms with van der Waals surface area (Å²) in [5, 5.41) is 10.6. The molecule has 0 radical (unpaired) electrons. The fourth-order valence-corrected chi connectivity index (χ4v) is 12.6. The van der Waals surface area contributed by atoms with Crippen LogP contribution < -0.4 is 0 Å². The molecule has 3 N–H and O–H groups in total. The molecule has 19 heteroatoms. The van der Waals surface area contributed by atoms with Crippen molar-refractivity contribution in [1.29, 1.82) is 0 Å². The molecule has 0 fully saturated rings. The number of carbonyl (C=O) groups excluding carboxylic acids is 4. The third kappa shape index (κ3) is 65.4. The van der Waals surface area contributed by atoms with Crippen molar-refractivity contribution in [3.05, 3.63) is 0 Å². The standard InChI is InChI=1S/C73H142O17P2/c1-9-66(8)52-44-36-28-19-14-12-10-11-13-15-21-30-39-47-55-72(77)89-69(60-84-71(76)54-46-38-32-24-27-35-43-51-65(6)7)62-88-92(81,82)86-58-67(74)57-85-91(79,80)87-61-68(90-73(78)56-48-40-31-23-22-26-34-42-50-64(4)5)59-83-70(75)53-45-37-29-20-17-16-18-25-33-41-49-63(2)3/h63-69,74H,9-62H2,1-8H3,(H,79,80)(H,81,82)/t66?,67?,68-,69-/m1/s1. The van der Waals surface area contributed by atoms with Gasteiger partial charge in [0, 0.05) is 25.7 Å². The van der Waals surface area contributed by atoms with Crippen molar-refractivity contribution < 1.29 is 80.2 Å². The van der Waals surface area contributed by atoms with E-state index in [-0.39, 0.29) is 25.7 Å². The zero-order valence-corrected chi connectivity index (χ0v) is 62.0. The van der Waals surface area contributed by atoms with Gasteiger partial charge in [-0.15, -0.1) is 0 Å². The molecule has 0 aliphatic heterocycles. The van der Waals surface area contributed by atoms with Crippen molar-refractivity contribution in [1.82, 2.24) is 0 Å². The van der Waals surface area contributed by atoms with Crippen molar-refractivity contribution in [3.63, 3.8) is 0 Å². The van der Waals surface area contributed by atoms with Gasteiger partial charge < -0.3 is 33.8 Å². The average molecular weight is 1350 g/mol. The van der Waals surface area contributed by atoms with Crippen LogP contribution in [0.3, 0.4) is 0 Å². The molecule has 0 rings (SSSR count). The molecule has 0 aromatic rings. The zero-order valence-electron chi connectivity index (χ0n) is 60.2. The van der Waals surface area contributed by atoms with Crippen molar-refractivity contribution in [3.8, 4) is 0 Å². The summed E-state index contributed by atoms with van der Waals surface area (Å²) in [7, 11) is -9.91. The van der Waals surface area contributed by atoms with Crippen LogP contribution in [0.2, 0.25) is 0 Å². The number of esters is 4. The molecule has 0 aliphatic carbocycles. The highest BCUT2D eigenvalue weighted by molar-refractivity contribution is 7.47. The number of hydrogen-bond donors (Lipinski definition) is 3. The molecule has 0 aromatic carbocycles. The Labute approximate surface area is 562 Å². The summed E-state index contributed by atoms with van der Waals surface area (Å²) in [6, 6.07) is 0. The lowest BCUT2D eigenvalue weighted by molar-refractivity contribution is -0.161. The molecule has 0 bridgehead atoms. The number of aliphatic hydroxyl groups is 1. The number of ether oxygens (including phenoxy) is 4. The topological polar surface area (TPSA) is 237 Å². The Morgan fingerprint density at radius 2 is 0.522 bits per heavy atom. The van der Waals surface area contributed by atoms with E-state index < -0.39 is 97.5 Å². The Bertz CT molecular complexity index is 1820. The van der Waals surface area contributed by atoms with Crippen molar-refractivity contribution in [2.75, 3.05) is 39.6 Å². The molecule has 0 saturated carbocycles. The summed E-state index contributed by atoms with van der Waals surface area (Å²) >= 11 is 0. The van der Waals surface area contributed by atoms with E-state index in [4.69, 9.17) is 37.0 Å². The Morgan fingerprint density at radius 1 is 0.304 bits per heavy atom. The van der Waals surface area contributed by atoms with Gasteiger partial charge in [-0.25, -0.2) is 9.13 Å². The van der Waals surface area contributed by atoms with Gasteiger partial charge >= 0.3 is 39.5 Å². The van der Waals surface area contributed by atoms with Gasteiger partial charge in [0.25, 0.3) is 0 Å². The summed E-state index contributed by atoms with van der Waals surface area (Å²) in [6.07, 6.45) is 45.9. The quantitative estimate of drug-likeness (QED) is 0.0222. The van der Waals surface area contributed by atoms with Crippen molar-refractivity contribution >= 4 is 39.5 Å². The van der Waals surface area contributed by atoms with Gasteiger partial charge in [-0.2, -0.15) is 0 Å². The lowest BCUT2D eigenvalue weighted by atomic mass is 9.99. The van der Waals surface area contributed by atoms with Gasteiger partial charge in [-0.1, -0.05) is 312 Å². The van der Waals surface area contributed by atoms with Gasteiger partial charge in [-0.3, -0.25) is 37.3 Å². The van der Waals surface area contributed by atoms with Crippen LogP contribution in [-0.4, -0.2) is 96.7 Å². The first-order chi connectivity index (χ1) is 44.1. The average Bonchev–Trinajstić information content (AvgIpc) is 1.77. The molecule has 546 valence electrons. The second-order valence-electron chi connectivity index (χ2n) is 28.0. The number of carbonyl (C=O) groups is 4. The van der Waals surface area contributed by atoms with Crippen molar-refractivity contribution in [2.24, 2.45) is 23.7 Å². The maximum atomic E-state index is 13.0. The smallest absolute Gasteiger partial charge is 0.462 e. The lowest BCUT2D eigenvalue weighted by Crippen LogP contribution is -2.30. The maximum Gasteiger partial charge on any atom is 0.472 e. The van der Waals surface area contributed by atoms with Crippen LogP contribution in [0, 0.1) is 23.7 Å². The zero-order chi connectivity index (χ0) is 68.2. The SMILES string of the molecule is CCC(C)CCCCCCCCCCCCCCCCC(=O)O[C@H](COC(=O)CCCCCCCCCC(C)C)COP(=O)(O)OCC(O)COP(=O)(O)OC[C@@H](COC(=O)CCCCCCCCCCCCC(C)C)OC(=O)CCCCCCCCCCC(C)C. The van der Waals surface area contributed by atoms with Crippen LogP contribution in [0.4, 0.5) is 0 Å². The number of unbranched alkanes of at least 4 members (excludes halogenated alkanes) is 35. The Morgan fingerprint density at radius 3 is 0.772 bits per heavy atom. The first-order valence-electron chi connectivity index (χ1n) is 37.7. The summed E-state index contributed by atoms with van der Waals surface area (Å²) in [5.41, 5.74) is 0. The first kappa shape index (κ1) is 90.1. The maximum absolute atomic E-state index is 13.0. The molecule has 17 nitrogen and oxygen atoms in total. The van der Waals surface area contributed by atoms with Crippen LogP contribution in [-0.2, 0) is 65.4 Å². The van der Waals surface area contributed by atoms with E-state index in [1.807, 2.05) is 0 Å². The first-order valence-corrected chi connectivity index (χ1v) is 40.7.